The van der Waals surface area contributed by atoms with E-state index in [9.17, 15) is 4.79 Å². The summed E-state index contributed by atoms with van der Waals surface area (Å²) in [5.41, 5.74) is 2.10. The van der Waals surface area contributed by atoms with E-state index in [4.69, 9.17) is 4.74 Å². The smallest absolute Gasteiger partial charge is 0.412 e. The van der Waals surface area contributed by atoms with Crippen LogP contribution in [0.3, 0.4) is 0 Å². The lowest BCUT2D eigenvalue weighted by Gasteiger charge is -2.52. The zero-order valence-electron chi connectivity index (χ0n) is 18.1. The van der Waals surface area contributed by atoms with Gasteiger partial charge in [-0.1, -0.05) is 37.6 Å². The normalized spacial score (nSPS) is 25.2. The van der Waals surface area contributed by atoms with Crippen LogP contribution in [0.25, 0.3) is 0 Å². The van der Waals surface area contributed by atoms with Gasteiger partial charge in [0.2, 0.25) is 0 Å². The van der Waals surface area contributed by atoms with Gasteiger partial charge in [-0.2, -0.15) is 0 Å². The second-order valence-corrected chi connectivity index (χ2v) is 10.1. The van der Waals surface area contributed by atoms with E-state index >= 15 is 0 Å². The number of amides is 1. The molecule has 4 nitrogen and oxygen atoms in total. The van der Waals surface area contributed by atoms with Gasteiger partial charge in [0.1, 0.15) is 6.54 Å². The second kappa shape index (κ2) is 9.97. The quantitative estimate of drug-likeness (QED) is 0.507. The highest BCUT2D eigenvalue weighted by Crippen LogP contribution is 2.36. The molecule has 1 atom stereocenters. The van der Waals surface area contributed by atoms with Gasteiger partial charge >= 0.3 is 6.09 Å². The molecule has 1 amide bonds. The van der Waals surface area contributed by atoms with Crippen LogP contribution in [0.4, 0.5) is 10.5 Å². The number of nitrogens with one attached hydrogen (secondary N) is 1. The molecule has 4 heterocycles. The molecule has 3 aliphatic rings. The highest BCUT2D eigenvalue weighted by Gasteiger charge is 2.47. The Morgan fingerprint density at radius 3 is 2.73 bits per heavy atom. The molecule has 2 aromatic rings. The zero-order chi connectivity index (χ0) is 20.8. The number of quaternary nitrogens is 1. The molecule has 0 radical (unpaired) electrons. The molecule has 0 unspecified atom stereocenters. The molecule has 162 valence electrons. The molecule has 3 saturated heterocycles. The van der Waals surface area contributed by atoms with Gasteiger partial charge in [0.15, 0.2) is 6.10 Å². The van der Waals surface area contributed by atoms with Crippen molar-refractivity contribution >= 4 is 23.1 Å². The summed E-state index contributed by atoms with van der Waals surface area (Å²) in [7, 11) is 0. The van der Waals surface area contributed by atoms with E-state index in [0.717, 1.165) is 36.0 Å². The van der Waals surface area contributed by atoms with E-state index in [2.05, 4.69) is 35.8 Å². The molecular formula is C25H35N2O2S+. The molecular weight excluding hydrogens is 392 g/mol. The Balaban J connectivity index is 1.31. The summed E-state index contributed by atoms with van der Waals surface area (Å²) in [4.78, 5) is 14.2. The van der Waals surface area contributed by atoms with Gasteiger partial charge in [0.05, 0.1) is 19.6 Å². The Labute approximate surface area is 184 Å². The molecule has 5 rings (SSSR count). The number of benzene rings is 1. The molecule has 0 saturated carbocycles. The fourth-order valence-corrected chi connectivity index (χ4v) is 5.97. The van der Waals surface area contributed by atoms with Crippen molar-refractivity contribution in [3.05, 3.63) is 52.2 Å². The Bertz CT molecular complexity index is 812. The minimum atomic E-state index is -0.283. The van der Waals surface area contributed by atoms with Gasteiger partial charge in [-0.05, 0) is 42.3 Å². The van der Waals surface area contributed by atoms with Crippen molar-refractivity contribution in [2.75, 3.05) is 31.5 Å². The van der Waals surface area contributed by atoms with Crippen molar-refractivity contribution in [1.29, 1.82) is 0 Å². The lowest BCUT2D eigenvalue weighted by atomic mass is 9.83. The fraction of sp³-hybridized carbons (Fsp3) is 0.560. The number of aryl methyl sites for hydroxylation is 2. The number of rotatable bonds is 9. The third-order valence-electron chi connectivity index (χ3n) is 6.99. The van der Waals surface area contributed by atoms with Crippen molar-refractivity contribution in [3.8, 4) is 0 Å². The van der Waals surface area contributed by atoms with E-state index in [0.29, 0.717) is 5.92 Å². The van der Waals surface area contributed by atoms with Crippen LogP contribution in [-0.4, -0.2) is 42.9 Å². The van der Waals surface area contributed by atoms with E-state index in [1.165, 1.54) is 55.8 Å². The molecule has 2 bridgehead atoms. The number of carbonyl (C=O) groups is 1. The number of piperidine rings is 3. The van der Waals surface area contributed by atoms with Crippen LogP contribution in [0.5, 0.6) is 0 Å². The van der Waals surface area contributed by atoms with Gasteiger partial charge in [-0.3, -0.25) is 5.32 Å². The summed E-state index contributed by atoms with van der Waals surface area (Å²) in [5, 5.41) is 5.20. The number of unbranched alkanes of at least 4 members (excludes halogenated alkanes) is 1. The van der Waals surface area contributed by atoms with Crippen LogP contribution in [0.2, 0.25) is 0 Å². The molecule has 30 heavy (non-hydrogen) atoms. The average molecular weight is 428 g/mol. The summed E-state index contributed by atoms with van der Waals surface area (Å²) >= 11 is 1.86. The standard InChI is InChI=1S/C25H34N2O2S/c1-2-3-8-20-9-4-5-12-23(20)26-25(28)29-24-19-27(16-13-21(24)14-17-27)15-6-10-22-11-7-18-30-22/h4-5,7,9,11-12,18,21,24H,2-3,6,8,10,13-17,19H2,1H3/p+1/t21?,24-,27?/m0/s1. The van der Waals surface area contributed by atoms with E-state index < -0.39 is 0 Å². The third kappa shape index (κ3) is 5.25. The van der Waals surface area contributed by atoms with Crippen molar-refractivity contribution in [3.63, 3.8) is 0 Å². The summed E-state index contributed by atoms with van der Waals surface area (Å²) in [6, 6.07) is 12.5. The number of ether oxygens (including phenoxy) is 1. The average Bonchev–Trinajstić information content (AvgIpc) is 3.27. The number of thiophene rings is 1. The molecule has 3 fully saturated rings. The summed E-state index contributed by atoms with van der Waals surface area (Å²) in [5.74, 6) is 0.531. The second-order valence-electron chi connectivity index (χ2n) is 9.04. The van der Waals surface area contributed by atoms with Crippen molar-refractivity contribution in [1.82, 2.24) is 0 Å². The minimum absolute atomic E-state index is 0.0528. The monoisotopic (exact) mass is 427 g/mol. The Hall–Kier alpha value is -1.85. The van der Waals surface area contributed by atoms with Crippen LogP contribution in [0.1, 0.15) is 49.5 Å². The van der Waals surface area contributed by atoms with Crippen molar-refractivity contribution in [2.24, 2.45) is 5.92 Å². The number of hydrogen-bond donors (Lipinski definition) is 1. The predicted octanol–water partition coefficient (Wildman–Crippen LogP) is 5.88. The van der Waals surface area contributed by atoms with Gasteiger partial charge < -0.3 is 9.22 Å². The fourth-order valence-electron chi connectivity index (χ4n) is 5.22. The van der Waals surface area contributed by atoms with Crippen LogP contribution in [-0.2, 0) is 17.6 Å². The predicted molar refractivity (Wildman–Crippen MR) is 124 cm³/mol. The Kier molecular flexibility index (Phi) is 7.11. The maximum absolute atomic E-state index is 12.7. The SMILES string of the molecule is CCCCc1ccccc1NC(=O)O[C@H]1C[N+]2(CCCc3cccs3)CCC1CC2. The van der Waals surface area contributed by atoms with E-state index in [1.807, 2.05) is 29.5 Å². The van der Waals surface area contributed by atoms with Crippen LogP contribution < -0.4 is 5.32 Å². The first-order valence-corrected chi connectivity index (χ1v) is 12.5. The molecule has 1 aromatic carbocycles. The van der Waals surface area contributed by atoms with Crippen LogP contribution in [0.15, 0.2) is 41.8 Å². The first-order valence-electron chi connectivity index (χ1n) is 11.6. The van der Waals surface area contributed by atoms with Crippen molar-refractivity contribution in [2.45, 2.75) is 58.0 Å². The van der Waals surface area contributed by atoms with Gasteiger partial charge in [0.25, 0.3) is 0 Å². The van der Waals surface area contributed by atoms with Gasteiger partial charge in [-0.25, -0.2) is 4.79 Å². The topological polar surface area (TPSA) is 38.3 Å². The van der Waals surface area contributed by atoms with Gasteiger partial charge in [0, 0.05) is 35.7 Å². The highest BCUT2D eigenvalue weighted by molar-refractivity contribution is 7.09. The van der Waals surface area contributed by atoms with Crippen LogP contribution in [0, 0.1) is 5.92 Å². The molecule has 0 aliphatic carbocycles. The molecule has 1 N–H and O–H groups in total. The van der Waals surface area contributed by atoms with Gasteiger partial charge in [-0.15, -0.1) is 11.3 Å². The largest absolute Gasteiger partial charge is 0.440 e. The minimum Gasteiger partial charge on any atom is -0.440 e. The highest BCUT2D eigenvalue weighted by atomic mass is 32.1. The molecule has 0 spiro atoms. The van der Waals surface area contributed by atoms with E-state index in [1.54, 1.807) is 0 Å². The molecule has 3 aliphatic heterocycles. The number of carbonyl (C=O) groups excluding carboxylic acids is 1. The lowest BCUT2D eigenvalue weighted by molar-refractivity contribution is -0.946. The number of anilines is 1. The summed E-state index contributed by atoms with van der Waals surface area (Å²) < 4.78 is 7.13. The van der Waals surface area contributed by atoms with E-state index in [-0.39, 0.29) is 12.2 Å². The molecule has 1 aromatic heterocycles. The maximum atomic E-state index is 12.7. The number of fused-ring (bicyclic) bond motifs is 3. The number of para-hydroxylation sites is 1. The number of hydrogen-bond acceptors (Lipinski definition) is 3. The summed E-state index contributed by atoms with van der Waals surface area (Å²) in [6.45, 7) is 6.87. The number of nitrogens with zero attached hydrogens (tertiary/aromatic N) is 1. The summed E-state index contributed by atoms with van der Waals surface area (Å²) in [6.07, 6.45) is 7.79. The Morgan fingerprint density at radius 1 is 1.13 bits per heavy atom. The zero-order valence-corrected chi connectivity index (χ0v) is 19.0. The lowest BCUT2D eigenvalue weighted by Crippen LogP contribution is -2.64. The third-order valence-corrected chi connectivity index (χ3v) is 7.93. The maximum Gasteiger partial charge on any atom is 0.412 e. The van der Waals surface area contributed by atoms with Crippen LogP contribution >= 0.6 is 11.3 Å². The molecule has 5 heteroatoms. The first-order chi connectivity index (χ1) is 14.7. The first kappa shape index (κ1) is 21.4. The van der Waals surface area contributed by atoms with Crippen molar-refractivity contribution < 1.29 is 14.0 Å². The Morgan fingerprint density at radius 2 is 1.97 bits per heavy atom.